The van der Waals surface area contributed by atoms with Crippen LogP contribution in [0.4, 0.5) is 5.82 Å². The number of rotatable bonds is 2. The van der Waals surface area contributed by atoms with Crippen molar-refractivity contribution in [2.75, 3.05) is 5.73 Å². The van der Waals surface area contributed by atoms with Crippen molar-refractivity contribution in [2.24, 2.45) is 0 Å². The molecule has 0 atom stereocenters. The van der Waals surface area contributed by atoms with Crippen LogP contribution in [0.25, 0.3) is 10.8 Å². The Bertz CT molecular complexity index is 1030. The van der Waals surface area contributed by atoms with Crippen LogP contribution in [0.5, 0.6) is 0 Å². The summed E-state index contributed by atoms with van der Waals surface area (Å²) in [4.78, 5) is 4.40. The summed E-state index contributed by atoms with van der Waals surface area (Å²) < 4.78 is 0. The Morgan fingerprint density at radius 2 is 1.41 bits per heavy atom. The van der Waals surface area contributed by atoms with E-state index >= 15 is 0 Å². The van der Waals surface area contributed by atoms with Gasteiger partial charge in [0.25, 0.3) is 0 Å². The van der Waals surface area contributed by atoms with Gasteiger partial charge in [-0.1, -0.05) is 54.1 Å². The molecule has 2 heterocycles. The molecule has 2 N–H and O–H groups in total. The lowest BCUT2D eigenvalue weighted by Gasteiger charge is -2.08. The number of hydrogen-bond donors (Lipinski definition) is 1. The molecule has 0 radical (unpaired) electrons. The summed E-state index contributed by atoms with van der Waals surface area (Å²) in [5.74, 6) is 0.478. The van der Waals surface area contributed by atoms with E-state index in [9.17, 15) is 0 Å². The number of aromatic nitrogens is 3. The maximum Gasteiger partial charge on any atom is 0.153 e. The van der Waals surface area contributed by atoms with E-state index in [2.05, 4.69) is 27.3 Å². The number of nitrogens with two attached hydrogens (primary N) is 1. The van der Waals surface area contributed by atoms with Crippen molar-refractivity contribution in [3.63, 3.8) is 0 Å². The predicted octanol–water partition coefficient (Wildman–Crippen LogP) is 5.15. The summed E-state index contributed by atoms with van der Waals surface area (Å²) in [6.45, 7) is 4.01. The Balaban J connectivity index is 0.000000253. The summed E-state index contributed by atoms with van der Waals surface area (Å²) in [5.41, 5.74) is 10.1. The molecule has 0 unspecified atom stereocenters. The van der Waals surface area contributed by atoms with Crippen LogP contribution in [-0.2, 0) is 6.42 Å². The molecule has 0 spiro atoms. The van der Waals surface area contributed by atoms with Gasteiger partial charge in [0, 0.05) is 33.6 Å². The van der Waals surface area contributed by atoms with Crippen molar-refractivity contribution in [1.82, 2.24) is 15.2 Å². The normalized spacial score (nSPS) is 10.3. The van der Waals surface area contributed by atoms with Crippen molar-refractivity contribution >= 4 is 28.2 Å². The molecule has 0 saturated heterocycles. The molecule has 2 aromatic heterocycles. The second-order valence-electron chi connectivity index (χ2n) is 6.31. The van der Waals surface area contributed by atoms with Crippen LogP contribution in [0.1, 0.15) is 22.6 Å². The monoisotopic (exact) mass is 376 g/mol. The fraction of sp³-hybridized carbons (Fsp3) is 0.136. The molecule has 4 aromatic rings. The highest BCUT2D eigenvalue weighted by Gasteiger charge is 2.08. The molecule has 5 heteroatoms. The van der Waals surface area contributed by atoms with Crippen molar-refractivity contribution in [2.45, 2.75) is 20.3 Å². The second-order valence-corrected chi connectivity index (χ2v) is 6.74. The summed E-state index contributed by atoms with van der Waals surface area (Å²) in [6, 6.07) is 21.6. The van der Waals surface area contributed by atoms with Gasteiger partial charge in [-0.25, -0.2) is 0 Å². The minimum Gasteiger partial charge on any atom is -0.382 e. The molecule has 4 rings (SSSR count). The van der Waals surface area contributed by atoms with Crippen LogP contribution in [0.15, 0.2) is 66.7 Å². The van der Waals surface area contributed by atoms with Crippen LogP contribution < -0.4 is 5.73 Å². The first-order chi connectivity index (χ1) is 13.0. The topological polar surface area (TPSA) is 64.7 Å². The van der Waals surface area contributed by atoms with E-state index < -0.39 is 0 Å². The largest absolute Gasteiger partial charge is 0.382 e. The van der Waals surface area contributed by atoms with Crippen LogP contribution in [0, 0.1) is 13.8 Å². The standard InChI is InChI=1S/C16H16N4.C6H5Cl/c1-10-7-12(8-11(2)18-10)9-15-13-5-3-4-6-14(13)16(17)20-19-15;7-6-4-2-1-3-5-6/h3-8H,9H2,1-2H3,(H2,17,20);1-5H. The lowest BCUT2D eigenvalue weighted by Crippen LogP contribution is -2.02. The van der Waals surface area contributed by atoms with Gasteiger partial charge >= 0.3 is 0 Å². The van der Waals surface area contributed by atoms with E-state index in [1.165, 1.54) is 5.56 Å². The SMILES string of the molecule is Cc1cc(Cc2nnc(N)c3ccccc23)cc(C)n1.Clc1ccccc1. The summed E-state index contributed by atoms with van der Waals surface area (Å²) in [7, 11) is 0. The number of nitrogen functional groups attached to an aromatic ring is 1. The van der Waals surface area contributed by atoms with Crippen molar-refractivity contribution < 1.29 is 0 Å². The van der Waals surface area contributed by atoms with E-state index in [4.69, 9.17) is 17.3 Å². The van der Waals surface area contributed by atoms with E-state index in [-0.39, 0.29) is 0 Å². The summed E-state index contributed by atoms with van der Waals surface area (Å²) in [5, 5.41) is 11.1. The van der Waals surface area contributed by atoms with Gasteiger partial charge in [0.15, 0.2) is 5.82 Å². The number of hydrogen-bond acceptors (Lipinski definition) is 4. The van der Waals surface area contributed by atoms with Gasteiger partial charge in [-0.05, 0) is 43.7 Å². The predicted molar refractivity (Wildman–Crippen MR) is 112 cm³/mol. The van der Waals surface area contributed by atoms with Gasteiger partial charge in [0.05, 0.1) is 5.69 Å². The zero-order valence-corrected chi connectivity index (χ0v) is 16.1. The second kappa shape index (κ2) is 8.60. The van der Waals surface area contributed by atoms with Gasteiger partial charge in [0.1, 0.15) is 0 Å². The van der Waals surface area contributed by atoms with Gasteiger partial charge < -0.3 is 5.73 Å². The number of nitrogens with zero attached hydrogens (tertiary/aromatic N) is 3. The number of halogens is 1. The number of anilines is 1. The highest BCUT2D eigenvalue weighted by molar-refractivity contribution is 6.30. The maximum absolute atomic E-state index is 5.88. The van der Waals surface area contributed by atoms with Crippen LogP contribution >= 0.6 is 11.6 Å². The van der Waals surface area contributed by atoms with Crippen molar-refractivity contribution in [1.29, 1.82) is 0 Å². The van der Waals surface area contributed by atoms with Crippen LogP contribution in [-0.4, -0.2) is 15.2 Å². The molecule has 0 aliphatic carbocycles. The minimum absolute atomic E-state index is 0.478. The summed E-state index contributed by atoms with van der Waals surface area (Å²) >= 11 is 5.54. The molecule has 0 fully saturated rings. The fourth-order valence-electron chi connectivity index (χ4n) is 2.94. The molecule has 0 amide bonds. The number of pyridine rings is 1. The van der Waals surface area contributed by atoms with E-state index in [0.717, 1.165) is 39.3 Å². The van der Waals surface area contributed by atoms with E-state index in [1.807, 2.05) is 68.4 Å². The van der Waals surface area contributed by atoms with Gasteiger partial charge in [-0.15, -0.1) is 5.10 Å². The first-order valence-electron chi connectivity index (χ1n) is 8.67. The Hall–Kier alpha value is -2.98. The molecule has 136 valence electrons. The molecule has 4 nitrogen and oxygen atoms in total. The Labute approximate surface area is 164 Å². The maximum atomic E-state index is 5.88. The zero-order chi connectivity index (χ0) is 19.2. The molecule has 0 aliphatic heterocycles. The van der Waals surface area contributed by atoms with E-state index in [1.54, 1.807) is 0 Å². The Morgan fingerprint density at radius 3 is 2.00 bits per heavy atom. The molecule has 2 aromatic carbocycles. The quantitative estimate of drug-likeness (QED) is 0.525. The Morgan fingerprint density at radius 1 is 0.815 bits per heavy atom. The zero-order valence-electron chi connectivity index (χ0n) is 15.4. The molecular formula is C22H21ClN4. The lowest BCUT2D eigenvalue weighted by molar-refractivity contribution is 0.957. The summed E-state index contributed by atoms with van der Waals surface area (Å²) in [6.07, 6.45) is 0.734. The third kappa shape index (κ3) is 5.02. The highest BCUT2D eigenvalue weighted by Crippen LogP contribution is 2.22. The van der Waals surface area contributed by atoms with E-state index in [0.29, 0.717) is 5.82 Å². The molecule has 0 bridgehead atoms. The first kappa shape index (κ1) is 18.8. The molecular weight excluding hydrogens is 356 g/mol. The molecule has 27 heavy (non-hydrogen) atoms. The van der Waals surface area contributed by atoms with Gasteiger partial charge in [0.2, 0.25) is 0 Å². The number of aryl methyl sites for hydroxylation is 2. The van der Waals surface area contributed by atoms with Gasteiger partial charge in [-0.3, -0.25) is 4.98 Å². The highest BCUT2D eigenvalue weighted by atomic mass is 35.5. The van der Waals surface area contributed by atoms with Crippen LogP contribution in [0.2, 0.25) is 5.02 Å². The number of benzene rings is 2. The third-order valence-electron chi connectivity index (χ3n) is 4.04. The number of fused-ring (bicyclic) bond motifs is 1. The Kier molecular flexibility index (Phi) is 5.99. The average molecular weight is 377 g/mol. The first-order valence-corrected chi connectivity index (χ1v) is 9.05. The third-order valence-corrected chi connectivity index (χ3v) is 4.29. The lowest BCUT2D eigenvalue weighted by atomic mass is 10.0. The smallest absolute Gasteiger partial charge is 0.153 e. The molecule has 0 aliphatic rings. The minimum atomic E-state index is 0.478. The molecule has 0 saturated carbocycles. The van der Waals surface area contributed by atoms with Crippen molar-refractivity contribution in [3.05, 3.63) is 94.4 Å². The average Bonchev–Trinajstić information content (AvgIpc) is 2.65. The fourth-order valence-corrected chi connectivity index (χ4v) is 3.09. The van der Waals surface area contributed by atoms with Crippen molar-refractivity contribution in [3.8, 4) is 0 Å². The van der Waals surface area contributed by atoms with Crippen LogP contribution in [0.3, 0.4) is 0 Å². The van der Waals surface area contributed by atoms with Gasteiger partial charge in [-0.2, -0.15) is 5.10 Å².